The van der Waals surface area contributed by atoms with Gasteiger partial charge >= 0.3 is 5.97 Å². The van der Waals surface area contributed by atoms with Crippen LogP contribution in [0.5, 0.6) is 5.75 Å². The van der Waals surface area contributed by atoms with E-state index in [0.29, 0.717) is 16.5 Å². The number of rotatable bonds is 3. The molecule has 0 bridgehead atoms. The zero-order valence-electron chi connectivity index (χ0n) is 12.7. The first-order valence-corrected chi connectivity index (χ1v) is 6.82. The Labute approximate surface area is 124 Å². The number of carboxylic acids is 1. The second-order valence-corrected chi connectivity index (χ2v) is 6.13. The highest BCUT2D eigenvalue weighted by molar-refractivity contribution is 5.92. The predicted octanol–water partition coefficient (Wildman–Crippen LogP) is 3.79. The summed E-state index contributed by atoms with van der Waals surface area (Å²) in [5, 5.41) is 21.5. The summed E-state index contributed by atoms with van der Waals surface area (Å²) in [6, 6.07) is 9.20. The molecule has 0 saturated carbocycles. The SMILES string of the molecule is Cc1cc2ccccc2c(O)c1C(OC(C)(C)C)C(=O)O. The van der Waals surface area contributed by atoms with Crippen LogP contribution in [-0.4, -0.2) is 21.8 Å². The molecule has 0 aliphatic rings. The summed E-state index contributed by atoms with van der Waals surface area (Å²) in [6.45, 7) is 7.15. The van der Waals surface area contributed by atoms with Crippen LogP contribution in [-0.2, 0) is 9.53 Å². The Bertz CT molecular complexity index is 683. The first kappa shape index (κ1) is 15.3. The van der Waals surface area contributed by atoms with Crippen molar-refractivity contribution < 1.29 is 19.7 Å². The van der Waals surface area contributed by atoms with E-state index in [0.717, 1.165) is 5.39 Å². The highest BCUT2D eigenvalue weighted by Gasteiger charge is 2.31. The number of aliphatic carboxylic acids is 1. The molecule has 0 aliphatic heterocycles. The number of aryl methyl sites for hydroxylation is 1. The summed E-state index contributed by atoms with van der Waals surface area (Å²) in [5.74, 6) is -1.14. The molecule has 1 atom stereocenters. The van der Waals surface area contributed by atoms with Gasteiger partial charge in [0.05, 0.1) is 5.60 Å². The van der Waals surface area contributed by atoms with Crippen molar-refractivity contribution in [2.45, 2.75) is 39.4 Å². The molecular weight excluding hydrogens is 268 g/mol. The van der Waals surface area contributed by atoms with Gasteiger partial charge in [-0.3, -0.25) is 0 Å². The lowest BCUT2D eigenvalue weighted by Crippen LogP contribution is -2.27. The first-order chi connectivity index (χ1) is 9.70. The van der Waals surface area contributed by atoms with Gasteiger partial charge in [-0.15, -0.1) is 0 Å². The van der Waals surface area contributed by atoms with Crippen LogP contribution in [0.15, 0.2) is 30.3 Å². The van der Waals surface area contributed by atoms with Gasteiger partial charge in [-0.05, 0) is 38.6 Å². The maximum absolute atomic E-state index is 11.6. The first-order valence-electron chi connectivity index (χ1n) is 6.82. The van der Waals surface area contributed by atoms with Gasteiger partial charge in [-0.1, -0.05) is 30.3 Å². The fourth-order valence-corrected chi connectivity index (χ4v) is 2.40. The number of fused-ring (bicyclic) bond motifs is 1. The highest BCUT2D eigenvalue weighted by atomic mass is 16.5. The van der Waals surface area contributed by atoms with Gasteiger partial charge < -0.3 is 14.9 Å². The lowest BCUT2D eigenvalue weighted by Gasteiger charge is -2.27. The molecule has 0 aromatic heterocycles. The highest BCUT2D eigenvalue weighted by Crippen LogP contribution is 2.38. The Hall–Kier alpha value is -2.07. The molecule has 2 aromatic rings. The van der Waals surface area contributed by atoms with Crippen LogP contribution in [0.4, 0.5) is 0 Å². The van der Waals surface area contributed by atoms with Gasteiger partial charge in [0, 0.05) is 10.9 Å². The Morgan fingerprint density at radius 3 is 2.43 bits per heavy atom. The van der Waals surface area contributed by atoms with Gasteiger partial charge in [-0.2, -0.15) is 0 Å². The van der Waals surface area contributed by atoms with Crippen molar-refractivity contribution in [3.8, 4) is 5.75 Å². The molecule has 2 aromatic carbocycles. The number of carboxylic acid groups (broad SMARTS) is 1. The van der Waals surface area contributed by atoms with Crippen LogP contribution in [0.2, 0.25) is 0 Å². The molecule has 0 aliphatic carbocycles. The van der Waals surface area contributed by atoms with Gasteiger partial charge in [0.25, 0.3) is 0 Å². The van der Waals surface area contributed by atoms with E-state index in [9.17, 15) is 15.0 Å². The van der Waals surface area contributed by atoms with E-state index < -0.39 is 17.7 Å². The summed E-state index contributed by atoms with van der Waals surface area (Å²) in [5.41, 5.74) is 0.382. The monoisotopic (exact) mass is 288 g/mol. The molecule has 21 heavy (non-hydrogen) atoms. The number of carbonyl (C=O) groups is 1. The van der Waals surface area contributed by atoms with E-state index in [1.54, 1.807) is 33.8 Å². The molecular formula is C17H20O4. The van der Waals surface area contributed by atoms with Crippen molar-refractivity contribution in [3.05, 3.63) is 41.5 Å². The maximum Gasteiger partial charge on any atom is 0.337 e. The van der Waals surface area contributed by atoms with Crippen molar-refractivity contribution in [2.24, 2.45) is 0 Å². The van der Waals surface area contributed by atoms with E-state index in [1.807, 2.05) is 24.3 Å². The second-order valence-electron chi connectivity index (χ2n) is 6.13. The minimum atomic E-state index is -1.20. The quantitative estimate of drug-likeness (QED) is 0.901. The molecule has 0 saturated heterocycles. The van der Waals surface area contributed by atoms with E-state index in [2.05, 4.69) is 0 Å². The standard InChI is InChI=1S/C17H20O4/c1-10-9-11-7-5-6-8-12(11)14(18)13(10)15(16(19)20)21-17(2,3)4/h5-9,15,18H,1-4H3,(H,19,20). The van der Waals surface area contributed by atoms with E-state index in [-0.39, 0.29) is 5.75 Å². The van der Waals surface area contributed by atoms with Crippen LogP contribution >= 0.6 is 0 Å². The summed E-state index contributed by atoms with van der Waals surface area (Å²) in [7, 11) is 0. The van der Waals surface area contributed by atoms with Crippen LogP contribution in [0.25, 0.3) is 10.8 Å². The van der Waals surface area contributed by atoms with Gasteiger partial charge in [0.2, 0.25) is 0 Å². The van der Waals surface area contributed by atoms with Crippen LogP contribution < -0.4 is 0 Å². The van der Waals surface area contributed by atoms with Crippen molar-refractivity contribution >= 4 is 16.7 Å². The zero-order chi connectivity index (χ0) is 15.8. The minimum Gasteiger partial charge on any atom is -0.507 e. The number of hydrogen-bond donors (Lipinski definition) is 2. The Balaban J connectivity index is 2.65. The number of phenols is 1. The largest absolute Gasteiger partial charge is 0.507 e. The molecule has 4 nitrogen and oxygen atoms in total. The smallest absolute Gasteiger partial charge is 0.337 e. The average Bonchev–Trinajstić information content (AvgIpc) is 2.36. The second kappa shape index (κ2) is 5.37. The lowest BCUT2D eigenvalue weighted by molar-refractivity contribution is -0.160. The Morgan fingerprint density at radius 2 is 1.86 bits per heavy atom. The molecule has 2 rings (SSSR count). The number of hydrogen-bond acceptors (Lipinski definition) is 3. The third kappa shape index (κ3) is 3.16. The van der Waals surface area contributed by atoms with Gasteiger partial charge in [0.1, 0.15) is 5.75 Å². The van der Waals surface area contributed by atoms with Crippen molar-refractivity contribution in [1.82, 2.24) is 0 Å². The van der Waals surface area contributed by atoms with E-state index >= 15 is 0 Å². The molecule has 4 heteroatoms. The summed E-state index contributed by atoms with van der Waals surface area (Å²) in [6.07, 6.45) is -1.20. The average molecular weight is 288 g/mol. The molecule has 0 amide bonds. The molecule has 0 fully saturated rings. The normalized spacial score (nSPS) is 13.3. The summed E-state index contributed by atoms with van der Waals surface area (Å²) < 4.78 is 5.64. The van der Waals surface area contributed by atoms with Crippen molar-refractivity contribution in [3.63, 3.8) is 0 Å². The third-order valence-electron chi connectivity index (χ3n) is 3.23. The van der Waals surface area contributed by atoms with Gasteiger partial charge in [-0.25, -0.2) is 4.79 Å². The summed E-state index contributed by atoms with van der Waals surface area (Å²) in [4.78, 5) is 11.6. The number of ether oxygens (including phenoxy) is 1. The molecule has 112 valence electrons. The lowest BCUT2D eigenvalue weighted by atomic mass is 9.96. The number of benzene rings is 2. The van der Waals surface area contributed by atoms with Crippen LogP contribution in [0, 0.1) is 6.92 Å². The van der Waals surface area contributed by atoms with Crippen LogP contribution in [0.1, 0.15) is 38.0 Å². The number of phenolic OH excluding ortho intramolecular Hbond substituents is 1. The molecule has 0 spiro atoms. The van der Waals surface area contributed by atoms with Crippen LogP contribution in [0.3, 0.4) is 0 Å². The zero-order valence-corrected chi connectivity index (χ0v) is 12.7. The maximum atomic E-state index is 11.6. The minimum absolute atomic E-state index is 0.0257. The van der Waals surface area contributed by atoms with Crippen molar-refractivity contribution in [1.29, 1.82) is 0 Å². The van der Waals surface area contributed by atoms with E-state index in [1.165, 1.54) is 0 Å². The fraction of sp³-hybridized carbons (Fsp3) is 0.353. The molecule has 2 N–H and O–H groups in total. The molecule has 0 heterocycles. The van der Waals surface area contributed by atoms with E-state index in [4.69, 9.17) is 4.74 Å². The van der Waals surface area contributed by atoms with Crippen molar-refractivity contribution in [2.75, 3.05) is 0 Å². The Morgan fingerprint density at radius 1 is 1.24 bits per heavy atom. The third-order valence-corrected chi connectivity index (χ3v) is 3.23. The Kier molecular flexibility index (Phi) is 3.92. The molecule has 1 unspecified atom stereocenters. The number of aromatic hydroxyl groups is 1. The summed E-state index contributed by atoms with van der Waals surface area (Å²) >= 11 is 0. The predicted molar refractivity (Wildman–Crippen MR) is 81.6 cm³/mol. The topological polar surface area (TPSA) is 66.8 Å². The fourth-order valence-electron chi connectivity index (χ4n) is 2.40. The molecule has 0 radical (unpaired) electrons. The van der Waals surface area contributed by atoms with Gasteiger partial charge in [0.15, 0.2) is 6.10 Å².